The second kappa shape index (κ2) is 11.9. The molecule has 0 saturated carbocycles. The van der Waals surface area contributed by atoms with E-state index >= 15 is 0 Å². The summed E-state index contributed by atoms with van der Waals surface area (Å²) in [5.74, 6) is 1.32. The Bertz CT molecular complexity index is 760. The minimum absolute atomic E-state index is 0. The largest absolute Gasteiger partial charge is 0.491 e. The zero-order valence-corrected chi connectivity index (χ0v) is 19.5. The Kier molecular flexibility index (Phi) is 9.93. The second-order valence-electron chi connectivity index (χ2n) is 7.49. The summed E-state index contributed by atoms with van der Waals surface area (Å²) < 4.78 is 13.0. The molecular weight excluding hydrogens is 454 g/mol. The molecule has 3 unspecified atom stereocenters. The number of benzene rings is 2. The number of aliphatic hydroxyl groups excluding tert-OH is 1. The Hall–Kier alpha value is -1.11. The molecule has 2 aromatic carbocycles. The smallest absolute Gasteiger partial charge is 0.122 e. The average Bonchev–Trinajstić information content (AvgIpc) is 2.72. The van der Waals surface area contributed by atoms with Gasteiger partial charge in [-0.25, -0.2) is 0 Å². The Morgan fingerprint density at radius 1 is 1.24 bits per heavy atom. The van der Waals surface area contributed by atoms with Crippen molar-refractivity contribution in [3.8, 4) is 5.75 Å². The first-order valence-electron chi connectivity index (χ1n) is 10.1. The number of halogens is 2. The molecule has 0 bridgehead atoms. The third-order valence-electron chi connectivity index (χ3n) is 5.33. The van der Waals surface area contributed by atoms with E-state index in [1.165, 1.54) is 5.56 Å². The lowest BCUT2D eigenvalue weighted by atomic mass is 9.98. The molecule has 29 heavy (non-hydrogen) atoms. The molecule has 3 atom stereocenters. The van der Waals surface area contributed by atoms with Gasteiger partial charge in [-0.1, -0.05) is 60.1 Å². The van der Waals surface area contributed by atoms with Crippen LogP contribution < -0.4 is 4.74 Å². The van der Waals surface area contributed by atoms with Crippen molar-refractivity contribution in [2.45, 2.75) is 38.4 Å². The first-order valence-corrected chi connectivity index (χ1v) is 10.8. The van der Waals surface area contributed by atoms with Crippen LogP contribution in [0.3, 0.4) is 0 Å². The van der Waals surface area contributed by atoms with E-state index in [1.807, 2.05) is 30.3 Å². The van der Waals surface area contributed by atoms with Gasteiger partial charge in [0.2, 0.25) is 0 Å². The van der Waals surface area contributed by atoms with Crippen molar-refractivity contribution >= 4 is 28.3 Å². The number of hydrogen-bond donors (Lipinski definition) is 1. The Morgan fingerprint density at radius 3 is 2.79 bits per heavy atom. The Balaban J connectivity index is 0.00000300. The third-order valence-corrected chi connectivity index (χ3v) is 5.83. The first kappa shape index (κ1) is 24.2. The van der Waals surface area contributed by atoms with Gasteiger partial charge in [0, 0.05) is 24.1 Å². The summed E-state index contributed by atoms with van der Waals surface area (Å²) in [5.41, 5.74) is 2.37. The Morgan fingerprint density at radius 2 is 2.03 bits per heavy atom. The average molecular weight is 485 g/mol. The number of hydrogen-bond acceptors (Lipinski definition) is 4. The summed E-state index contributed by atoms with van der Waals surface area (Å²) in [6.45, 7) is 7.53. The van der Waals surface area contributed by atoms with Crippen LogP contribution in [-0.2, 0) is 4.74 Å². The summed E-state index contributed by atoms with van der Waals surface area (Å²) in [7, 11) is 0. The number of ether oxygens (including phenoxy) is 2. The van der Waals surface area contributed by atoms with Crippen molar-refractivity contribution < 1.29 is 14.6 Å². The molecule has 6 heteroatoms. The van der Waals surface area contributed by atoms with Crippen LogP contribution in [0.4, 0.5) is 0 Å². The van der Waals surface area contributed by atoms with Crippen molar-refractivity contribution in [1.29, 1.82) is 0 Å². The summed E-state index contributed by atoms with van der Waals surface area (Å²) in [6.07, 6.45) is 0.560. The lowest BCUT2D eigenvalue weighted by molar-refractivity contribution is -0.0460. The van der Waals surface area contributed by atoms with E-state index in [9.17, 15) is 5.11 Å². The zero-order chi connectivity index (χ0) is 19.9. The molecule has 2 aromatic rings. The fourth-order valence-electron chi connectivity index (χ4n) is 3.55. The van der Waals surface area contributed by atoms with Gasteiger partial charge in [-0.2, -0.15) is 0 Å². The molecule has 3 rings (SSSR count). The van der Waals surface area contributed by atoms with Crippen molar-refractivity contribution in [1.82, 2.24) is 4.90 Å². The number of β-amino-alcohol motifs (C(OH)–C–C–N with tert-alkyl or cyclic N) is 1. The highest BCUT2D eigenvalue weighted by atomic mass is 79.9. The van der Waals surface area contributed by atoms with Crippen LogP contribution in [0.25, 0.3) is 0 Å². The van der Waals surface area contributed by atoms with Crippen LogP contribution >= 0.6 is 28.3 Å². The molecular formula is C23H31BrClNO3. The molecule has 1 aliphatic rings. The molecule has 1 N–H and O–H groups in total. The van der Waals surface area contributed by atoms with Crippen molar-refractivity contribution in [2.75, 3.05) is 32.8 Å². The highest BCUT2D eigenvalue weighted by Crippen LogP contribution is 2.29. The van der Waals surface area contributed by atoms with Crippen LogP contribution in [0.1, 0.15) is 43.4 Å². The number of rotatable bonds is 8. The van der Waals surface area contributed by atoms with Crippen LogP contribution in [0.15, 0.2) is 53.0 Å². The molecule has 0 radical (unpaired) electrons. The molecule has 0 spiro atoms. The number of nitrogens with zero attached hydrogens (tertiary/aromatic N) is 1. The summed E-state index contributed by atoms with van der Waals surface area (Å²) in [4.78, 5) is 2.25. The maximum absolute atomic E-state index is 10.5. The van der Waals surface area contributed by atoms with Gasteiger partial charge in [0.15, 0.2) is 0 Å². The summed E-state index contributed by atoms with van der Waals surface area (Å²) >= 11 is 3.52. The van der Waals surface area contributed by atoms with Crippen LogP contribution in [-0.4, -0.2) is 49.0 Å². The number of morpholine rings is 1. The normalized spacial score (nSPS) is 19.2. The predicted octanol–water partition coefficient (Wildman–Crippen LogP) is 5.20. The minimum atomic E-state index is -0.536. The molecule has 0 amide bonds. The lowest BCUT2D eigenvalue weighted by Gasteiger charge is -2.34. The fraction of sp³-hybridized carbons (Fsp3) is 0.478. The minimum Gasteiger partial charge on any atom is -0.491 e. The van der Waals surface area contributed by atoms with Gasteiger partial charge in [0.25, 0.3) is 0 Å². The lowest BCUT2D eigenvalue weighted by Crippen LogP contribution is -2.43. The van der Waals surface area contributed by atoms with Gasteiger partial charge in [-0.05, 0) is 41.7 Å². The molecule has 4 nitrogen and oxygen atoms in total. The van der Waals surface area contributed by atoms with Gasteiger partial charge in [-0.3, -0.25) is 4.90 Å². The van der Waals surface area contributed by atoms with E-state index < -0.39 is 6.10 Å². The maximum atomic E-state index is 10.5. The zero-order valence-electron chi connectivity index (χ0n) is 17.1. The van der Waals surface area contributed by atoms with E-state index in [2.05, 4.69) is 52.9 Å². The van der Waals surface area contributed by atoms with Gasteiger partial charge in [0.05, 0.1) is 12.7 Å². The van der Waals surface area contributed by atoms with Crippen molar-refractivity contribution in [3.63, 3.8) is 0 Å². The second-order valence-corrected chi connectivity index (χ2v) is 8.40. The maximum Gasteiger partial charge on any atom is 0.122 e. The highest BCUT2D eigenvalue weighted by Gasteiger charge is 2.24. The standard InChI is InChI=1S/C23H30BrNO3.ClH/c1-3-17(2)21-9-4-5-10-22(21)28-16-20(26)14-25-11-12-27-23(15-25)18-7-6-8-19(24)13-18;/h4-10,13,17,20,23,26H,3,11-12,14-16H2,1-2H3;1H. The predicted molar refractivity (Wildman–Crippen MR) is 123 cm³/mol. The highest BCUT2D eigenvalue weighted by molar-refractivity contribution is 9.10. The van der Waals surface area contributed by atoms with Crippen LogP contribution in [0, 0.1) is 0 Å². The summed E-state index contributed by atoms with van der Waals surface area (Å²) in [6, 6.07) is 16.4. The van der Waals surface area contributed by atoms with Crippen molar-refractivity contribution in [2.24, 2.45) is 0 Å². The van der Waals surface area contributed by atoms with Crippen LogP contribution in [0.5, 0.6) is 5.75 Å². The number of aliphatic hydroxyl groups is 1. The van der Waals surface area contributed by atoms with Gasteiger partial charge in [0.1, 0.15) is 18.5 Å². The van der Waals surface area contributed by atoms with Crippen molar-refractivity contribution in [3.05, 3.63) is 64.1 Å². The van der Waals surface area contributed by atoms with E-state index in [0.29, 0.717) is 25.7 Å². The fourth-order valence-corrected chi connectivity index (χ4v) is 3.97. The van der Waals surface area contributed by atoms with E-state index in [1.54, 1.807) is 0 Å². The first-order chi connectivity index (χ1) is 13.6. The van der Waals surface area contributed by atoms with Gasteiger partial charge < -0.3 is 14.6 Å². The van der Waals surface area contributed by atoms with E-state index in [4.69, 9.17) is 9.47 Å². The third kappa shape index (κ3) is 6.97. The topological polar surface area (TPSA) is 41.9 Å². The monoisotopic (exact) mass is 483 g/mol. The van der Waals surface area contributed by atoms with E-state index in [-0.39, 0.29) is 18.5 Å². The quantitative estimate of drug-likeness (QED) is 0.559. The summed E-state index contributed by atoms with van der Waals surface area (Å²) in [5, 5.41) is 10.5. The Labute approximate surface area is 188 Å². The molecule has 1 fully saturated rings. The molecule has 1 heterocycles. The van der Waals surface area contributed by atoms with Gasteiger partial charge in [-0.15, -0.1) is 12.4 Å². The molecule has 0 aromatic heterocycles. The van der Waals surface area contributed by atoms with Crippen LogP contribution in [0.2, 0.25) is 0 Å². The van der Waals surface area contributed by atoms with Gasteiger partial charge >= 0.3 is 0 Å². The molecule has 160 valence electrons. The number of para-hydroxylation sites is 1. The SMILES string of the molecule is CCC(C)c1ccccc1OCC(O)CN1CCOC(c2cccc(Br)c2)C1.Cl. The molecule has 1 saturated heterocycles. The van der Waals surface area contributed by atoms with E-state index in [0.717, 1.165) is 35.3 Å². The molecule has 0 aliphatic carbocycles. The molecule has 1 aliphatic heterocycles.